The molecule has 0 unspecified atom stereocenters. The fourth-order valence-electron chi connectivity index (χ4n) is 3.85. The van der Waals surface area contributed by atoms with Crippen LogP contribution in [0.1, 0.15) is 32.1 Å². The van der Waals surface area contributed by atoms with Crippen LogP contribution in [0.4, 0.5) is 13.2 Å². The first-order valence-electron chi connectivity index (χ1n) is 10.9. The number of carboxylic acids is 1. The number of piperazine rings is 1. The van der Waals surface area contributed by atoms with Crippen LogP contribution < -0.4 is 10.1 Å². The molecule has 9 nitrogen and oxygen atoms in total. The fourth-order valence-corrected chi connectivity index (χ4v) is 5.54. The van der Waals surface area contributed by atoms with E-state index in [-0.39, 0.29) is 29.8 Å². The molecular formula is C21H30F3N3O6S. The summed E-state index contributed by atoms with van der Waals surface area (Å²) in [7, 11) is -2.09. The first kappa shape index (κ1) is 27.9. The Morgan fingerprint density at radius 1 is 1.15 bits per heavy atom. The highest BCUT2D eigenvalue weighted by molar-refractivity contribution is 7.89. The summed E-state index contributed by atoms with van der Waals surface area (Å²) in [5.74, 6) is -2.10. The summed E-state index contributed by atoms with van der Waals surface area (Å²) in [5.41, 5.74) is 0. The maximum atomic E-state index is 13.3. The van der Waals surface area contributed by atoms with Gasteiger partial charge in [-0.3, -0.25) is 4.79 Å². The fraction of sp³-hybridized carbons (Fsp3) is 0.619. The molecule has 1 heterocycles. The maximum absolute atomic E-state index is 13.3. The minimum absolute atomic E-state index is 0.0204. The van der Waals surface area contributed by atoms with Gasteiger partial charge in [0, 0.05) is 45.2 Å². The van der Waals surface area contributed by atoms with Gasteiger partial charge in [0.2, 0.25) is 15.9 Å². The lowest BCUT2D eigenvalue weighted by atomic mass is 10.2. The molecule has 0 radical (unpaired) electrons. The number of halogens is 3. The van der Waals surface area contributed by atoms with E-state index in [0.29, 0.717) is 18.8 Å². The molecule has 0 aromatic heterocycles. The molecule has 34 heavy (non-hydrogen) atoms. The average Bonchev–Trinajstić information content (AvgIpc) is 3.33. The van der Waals surface area contributed by atoms with Gasteiger partial charge in [0.1, 0.15) is 5.75 Å². The minimum Gasteiger partial charge on any atom is -0.497 e. The molecule has 1 aliphatic heterocycles. The molecule has 1 aliphatic carbocycles. The van der Waals surface area contributed by atoms with Crippen LogP contribution in [0, 0.1) is 0 Å². The van der Waals surface area contributed by atoms with E-state index in [1.165, 1.54) is 0 Å². The molecule has 1 aromatic carbocycles. The largest absolute Gasteiger partial charge is 0.497 e. The van der Waals surface area contributed by atoms with Crippen LogP contribution >= 0.6 is 0 Å². The normalized spacial score (nSPS) is 17.3. The van der Waals surface area contributed by atoms with Crippen molar-refractivity contribution in [3.8, 4) is 5.75 Å². The minimum atomic E-state index is -5.08. The summed E-state index contributed by atoms with van der Waals surface area (Å²) in [6.45, 7) is 3.20. The number of amides is 1. The predicted octanol–water partition coefficient (Wildman–Crippen LogP) is 2.08. The molecule has 1 saturated carbocycles. The van der Waals surface area contributed by atoms with E-state index in [1.54, 1.807) is 35.7 Å². The standard InChI is InChI=1S/C19H29N3O4S.C2HF3O2/c1-26-17-6-8-18(9-7-17)27(24,25)22(16-4-2-3-5-16)13-10-19(23)21-14-11-20-12-15-21;3-2(4,5)1(6)7/h6-9,16,20H,2-5,10-15H2,1H3;(H,6,7). The molecule has 2 N–H and O–H groups in total. The van der Waals surface area contributed by atoms with Crippen LogP contribution in [0.3, 0.4) is 0 Å². The quantitative estimate of drug-likeness (QED) is 0.578. The molecule has 3 rings (SSSR count). The van der Waals surface area contributed by atoms with Crippen LogP contribution in [0.5, 0.6) is 5.75 Å². The van der Waals surface area contributed by atoms with E-state index < -0.39 is 22.2 Å². The monoisotopic (exact) mass is 509 g/mol. The van der Waals surface area contributed by atoms with Gasteiger partial charge in [-0.1, -0.05) is 12.8 Å². The lowest BCUT2D eigenvalue weighted by Crippen LogP contribution is -2.48. The number of carboxylic acid groups (broad SMARTS) is 1. The number of rotatable bonds is 7. The number of hydrogen-bond donors (Lipinski definition) is 2. The maximum Gasteiger partial charge on any atom is 0.490 e. The first-order valence-corrected chi connectivity index (χ1v) is 12.4. The number of carbonyl (C=O) groups is 2. The van der Waals surface area contributed by atoms with E-state index in [1.807, 2.05) is 4.90 Å². The van der Waals surface area contributed by atoms with Gasteiger partial charge in [-0.15, -0.1) is 0 Å². The summed E-state index contributed by atoms with van der Waals surface area (Å²) in [4.78, 5) is 23.5. The number of nitrogens with one attached hydrogen (secondary N) is 1. The smallest absolute Gasteiger partial charge is 0.490 e. The van der Waals surface area contributed by atoms with Crippen molar-refractivity contribution in [1.82, 2.24) is 14.5 Å². The van der Waals surface area contributed by atoms with Gasteiger partial charge in [0.25, 0.3) is 0 Å². The Hall–Kier alpha value is -2.38. The lowest BCUT2D eigenvalue weighted by molar-refractivity contribution is -0.192. The Bertz CT molecular complexity index is 913. The summed E-state index contributed by atoms with van der Waals surface area (Å²) in [6, 6.07) is 6.45. The number of hydrogen-bond acceptors (Lipinski definition) is 6. The second-order valence-electron chi connectivity index (χ2n) is 7.91. The van der Waals surface area contributed by atoms with Crippen molar-refractivity contribution in [2.75, 3.05) is 39.8 Å². The molecule has 2 aliphatic rings. The van der Waals surface area contributed by atoms with Gasteiger partial charge in [-0.05, 0) is 37.1 Å². The molecule has 1 saturated heterocycles. The van der Waals surface area contributed by atoms with Crippen molar-refractivity contribution < 1.29 is 41.0 Å². The molecule has 0 atom stereocenters. The Kier molecular flexibility index (Phi) is 10.1. The second kappa shape index (κ2) is 12.4. The van der Waals surface area contributed by atoms with Crippen molar-refractivity contribution in [3.05, 3.63) is 24.3 Å². The summed E-state index contributed by atoms with van der Waals surface area (Å²) in [5, 5.41) is 10.3. The molecular weight excluding hydrogens is 479 g/mol. The molecule has 192 valence electrons. The number of benzene rings is 1. The van der Waals surface area contributed by atoms with Gasteiger partial charge >= 0.3 is 12.1 Å². The first-order chi connectivity index (χ1) is 16.0. The third kappa shape index (κ3) is 7.84. The zero-order valence-electron chi connectivity index (χ0n) is 18.9. The van der Waals surface area contributed by atoms with E-state index in [0.717, 1.165) is 38.8 Å². The summed E-state index contributed by atoms with van der Waals surface area (Å²) in [6.07, 6.45) is -1.07. The number of carbonyl (C=O) groups excluding carboxylic acids is 1. The third-order valence-corrected chi connectivity index (χ3v) is 7.62. The summed E-state index contributed by atoms with van der Waals surface area (Å²) < 4.78 is 64.9. The number of alkyl halides is 3. The third-order valence-electron chi connectivity index (χ3n) is 5.66. The average molecular weight is 510 g/mol. The highest BCUT2D eigenvalue weighted by Gasteiger charge is 2.38. The number of nitrogens with zero attached hydrogens (tertiary/aromatic N) is 2. The molecule has 1 amide bonds. The molecule has 2 fully saturated rings. The van der Waals surface area contributed by atoms with Gasteiger partial charge in [-0.25, -0.2) is 13.2 Å². The molecule has 13 heteroatoms. The van der Waals surface area contributed by atoms with Crippen LogP contribution in [0.2, 0.25) is 0 Å². The van der Waals surface area contributed by atoms with Gasteiger partial charge in [0.05, 0.1) is 12.0 Å². The van der Waals surface area contributed by atoms with E-state index in [2.05, 4.69) is 5.32 Å². The molecule has 1 aromatic rings. The van der Waals surface area contributed by atoms with Crippen molar-refractivity contribution in [3.63, 3.8) is 0 Å². The molecule has 0 spiro atoms. The van der Waals surface area contributed by atoms with Crippen LogP contribution in [-0.2, 0) is 19.6 Å². The summed E-state index contributed by atoms with van der Waals surface area (Å²) >= 11 is 0. The lowest BCUT2D eigenvalue weighted by Gasteiger charge is -2.31. The number of methoxy groups -OCH3 is 1. The second-order valence-corrected chi connectivity index (χ2v) is 9.80. The van der Waals surface area contributed by atoms with Gasteiger partial charge in [-0.2, -0.15) is 17.5 Å². The van der Waals surface area contributed by atoms with Crippen LogP contribution in [0.15, 0.2) is 29.2 Å². The van der Waals surface area contributed by atoms with Gasteiger partial charge in [0.15, 0.2) is 0 Å². The van der Waals surface area contributed by atoms with Gasteiger partial charge < -0.3 is 20.1 Å². The van der Waals surface area contributed by atoms with Crippen LogP contribution in [0.25, 0.3) is 0 Å². The van der Waals surface area contributed by atoms with Crippen molar-refractivity contribution in [2.24, 2.45) is 0 Å². The van der Waals surface area contributed by atoms with E-state index in [9.17, 15) is 26.4 Å². The van der Waals surface area contributed by atoms with Crippen molar-refractivity contribution >= 4 is 21.9 Å². The zero-order valence-corrected chi connectivity index (χ0v) is 19.7. The Morgan fingerprint density at radius 2 is 1.68 bits per heavy atom. The number of sulfonamides is 1. The predicted molar refractivity (Wildman–Crippen MR) is 117 cm³/mol. The Morgan fingerprint density at radius 3 is 2.15 bits per heavy atom. The molecule has 0 bridgehead atoms. The topological polar surface area (TPSA) is 116 Å². The number of ether oxygens (including phenoxy) is 1. The number of aliphatic carboxylic acids is 1. The highest BCUT2D eigenvalue weighted by atomic mass is 32.2. The van der Waals surface area contributed by atoms with Crippen molar-refractivity contribution in [1.29, 1.82) is 0 Å². The van der Waals surface area contributed by atoms with Crippen molar-refractivity contribution in [2.45, 2.75) is 49.2 Å². The van der Waals surface area contributed by atoms with E-state index in [4.69, 9.17) is 14.6 Å². The zero-order chi connectivity index (χ0) is 25.4. The Labute approximate surface area is 196 Å². The SMILES string of the molecule is COc1ccc(S(=O)(=O)N(CCC(=O)N2CCNCC2)C2CCCC2)cc1.O=C(O)C(F)(F)F. The highest BCUT2D eigenvalue weighted by Crippen LogP contribution is 2.29. The van der Waals surface area contributed by atoms with E-state index >= 15 is 0 Å². The Balaban J connectivity index is 0.000000509. The van der Waals surface area contributed by atoms with Crippen LogP contribution in [-0.4, -0.2) is 86.7 Å².